The van der Waals surface area contributed by atoms with E-state index < -0.39 is 0 Å². The molecule has 3 nitrogen and oxygen atoms in total. The van der Waals surface area contributed by atoms with E-state index in [-0.39, 0.29) is 32.7 Å². The third kappa shape index (κ3) is 107. The topological polar surface area (TPSA) is 78.1 Å². The molecule has 3 aromatic carbocycles. The number of nitrogens with two attached hydrogens (primary N) is 3. The number of rotatable bonds is 0. The van der Waals surface area contributed by atoms with E-state index in [9.17, 15) is 0 Å². The minimum absolute atomic E-state index is 0. The molecule has 42 heavy (non-hydrogen) atoms. The van der Waals surface area contributed by atoms with Gasteiger partial charge < -0.3 is 24.1 Å². The number of hydrogen-bond donors (Lipinski definition) is 3. The monoisotopic (exact) mass is 666 g/mol. The van der Waals surface area contributed by atoms with Gasteiger partial charge in [-0.2, -0.15) is 6.92 Å². The molecule has 0 aliphatic heterocycles. The second-order valence-corrected chi connectivity index (χ2v) is 5.65. The molecule has 0 unspecified atom stereocenters. The van der Waals surface area contributed by atoms with Crippen molar-refractivity contribution in [3.63, 3.8) is 0 Å². The second-order valence-electron chi connectivity index (χ2n) is 5.65. The zero-order chi connectivity index (χ0) is 34.8. The van der Waals surface area contributed by atoms with E-state index in [0.29, 0.717) is 0 Å². The Hall–Kier alpha value is -1.84. The van der Waals surface area contributed by atoms with Gasteiger partial charge in [0.05, 0.1) is 0 Å². The third-order valence-corrected chi connectivity index (χ3v) is 2.40. The maximum absolute atomic E-state index is 5.36. The second kappa shape index (κ2) is 97.7. The molecule has 0 fully saturated rings. The van der Waals surface area contributed by atoms with Gasteiger partial charge in [0.2, 0.25) is 0 Å². The molecule has 0 atom stereocenters. The van der Waals surface area contributed by atoms with Crippen molar-refractivity contribution in [3.05, 3.63) is 97.9 Å². The summed E-state index contributed by atoms with van der Waals surface area (Å²) < 4.78 is 0. The summed E-state index contributed by atoms with van der Waals surface area (Å²) in [6, 6.07) is 28.5. The van der Waals surface area contributed by atoms with Gasteiger partial charge in [0, 0.05) is 49.8 Å². The van der Waals surface area contributed by atoms with Gasteiger partial charge in [0.15, 0.2) is 0 Å². The van der Waals surface area contributed by atoms with E-state index >= 15 is 0 Å². The average molecular weight is 666 g/mol. The Balaban J connectivity index is -0.0000000351. The van der Waals surface area contributed by atoms with Crippen molar-refractivity contribution in [3.8, 4) is 0 Å². The first-order chi connectivity index (χ1) is 20.0. The molecule has 0 aromatic heterocycles. The van der Waals surface area contributed by atoms with E-state index in [1.54, 1.807) is 6.92 Å². The van der Waals surface area contributed by atoms with Gasteiger partial charge in [-0.3, -0.25) is 0 Å². The Morgan fingerprint density at radius 1 is 0.357 bits per heavy atom. The number of benzene rings is 3. The quantitative estimate of drug-likeness (QED) is 0.165. The first-order valence-electron chi connectivity index (χ1n) is 16.1. The Kier molecular flexibility index (Phi) is 157. The van der Waals surface area contributed by atoms with Crippen LogP contribution in [0.15, 0.2) is 91.0 Å². The zero-order valence-electron chi connectivity index (χ0n) is 31.6. The molecular formula is C38H78N3Y-. The van der Waals surface area contributed by atoms with Crippen LogP contribution in [0.1, 0.15) is 131 Å². The van der Waals surface area contributed by atoms with Crippen molar-refractivity contribution in [1.82, 2.24) is 0 Å². The van der Waals surface area contributed by atoms with Crippen LogP contribution in [-0.2, 0) is 32.7 Å². The van der Waals surface area contributed by atoms with Crippen LogP contribution in [0.25, 0.3) is 0 Å². The predicted octanol–water partition coefficient (Wildman–Crippen LogP) is 13.6. The van der Waals surface area contributed by atoms with Gasteiger partial charge in [-0.15, -0.1) is 0 Å². The molecular weight excluding hydrogens is 587 g/mol. The molecule has 249 valence electrons. The van der Waals surface area contributed by atoms with E-state index in [1.807, 2.05) is 174 Å². The molecule has 0 saturated heterocycles. The summed E-state index contributed by atoms with van der Waals surface area (Å²) >= 11 is 0. The van der Waals surface area contributed by atoms with Crippen molar-refractivity contribution >= 4 is 17.1 Å². The standard InChI is InChI=1S/3C6H7N.2C3H8.6C2H6.C2H5.Y/c3*7-6-4-2-1-3-5-6;2*1-3-2;7*1-2;/h3*1-5H,7H2;2*3H2,1-2H3;6*1-2H3;1H2,2H3;/q;;;;;;;;;;;-1;. The molecule has 0 amide bonds. The Morgan fingerprint density at radius 2 is 0.452 bits per heavy atom. The molecule has 0 aliphatic carbocycles. The molecule has 0 heterocycles. The number of para-hydroxylation sites is 3. The average Bonchev–Trinajstić information content (AvgIpc) is 3.07. The molecule has 0 aliphatic rings. The van der Waals surface area contributed by atoms with E-state index in [0.717, 1.165) is 17.1 Å². The Labute approximate surface area is 293 Å². The Bertz CT molecular complexity index is 528. The molecule has 0 bridgehead atoms. The fraction of sp³-hybridized carbons (Fsp3) is 0.500. The van der Waals surface area contributed by atoms with Crippen LogP contribution in [0.3, 0.4) is 0 Å². The number of nitrogen functional groups attached to an aromatic ring is 3. The smallest absolute Gasteiger partial charge is 0.0313 e. The van der Waals surface area contributed by atoms with Gasteiger partial charge >= 0.3 is 0 Å². The Morgan fingerprint density at radius 3 is 0.500 bits per heavy atom. The summed E-state index contributed by atoms with van der Waals surface area (Å²) in [5.41, 5.74) is 18.5. The third-order valence-electron chi connectivity index (χ3n) is 2.40. The summed E-state index contributed by atoms with van der Waals surface area (Å²) in [5, 5.41) is 0. The van der Waals surface area contributed by atoms with Gasteiger partial charge in [-0.05, 0) is 36.4 Å². The van der Waals surface area contributed by atoms with Crippen LogP contribution in [0.2, 0.25) is 0 Å². The van der Waals surface area contributed by atoms with E-state index in [2.05, 4.69) is 34.6 Å². The largest absolute Gasteiger partial charge is 0.399 e. The summed E-state index contributed by atoms with van der Waals surface area (Å²) in [7, 11) is 0. The normalized spacial score (nSPS) is 6.14. The van der Waals surface area contributed by atoms with Crippen LogP contribution >= 0.6 is 0 Å². The molecule has 6 N–H and O–H groups in total. The van der Waals surface area contributed by atoms with Crippen molar-refractivity contribution in [2.75, 3.05) is 17.2 Å². The van der Waals surface area contributed by atoms with Crippen LogP contribution in [-0.4, -0.2) is 0 Å². The zero-order valence-corrected chi connectivity index (χ0v) is 34.4. The first kappa shape index (κ1) is 67.7. The van der Waals surface area contributed by atoms with Crippen molar-refractivity contribution < 1.29 is 32.7 Å². The minimum atomic E-state index is 0. The van der Waals surface area contributed by atoms with Crippen molar-refractivity contribution in [2.24, 2.45) is 0 Å². The predicted molar refractivity (Wildman–Crippen MR) is 204 cm³/mol. The maximum Gasteiger partial charge on any atom is 0.0313 e. The molecule has 0 spiro atoms. The number of hydrogen-bond acceptors (Lipinski definition) is 3. The van der Waals surface area contributed by atoms with Crippen molar-refractivity contribution in [2.45, 2.75) is 131 Å². The summed E-state index contributed by atoms with van der Waals surface area (Å²) in [4.78, 5) is 0. The molecule has 0 saturated carbocycles. The van der Waals surface area contributed by atoms with Crippen molar-refractivity contribution in [1.29, 1.82) is 0 Å². The van der Waals surface area contributed by atoms with Crippen LogP contribution in [0.5, 0.6) is 0 Å². The van der Waals surface area contributed by atoms with Gasteiger partial charge in [-0.1, -0.05) is 178 Å². The van der Waals surface area contributed by atoms with Crippen LogP contribution in [0, 0.1) is 6.92 Å². The maximum atomic E-state index is 5.36. The fourth-order valence-corrected chi connectivity index (χ4v) is 1.36. The molecule has 3 aromatic rings. The summed E-state index contributed by atoms with van der Waals surface area (Å²) in [6.07, 6.45) is 2.50. The molecule has 3 rings (SSSR count). The fourth-order valence-electron chi connectivity index (χ4n) is 1.36. The first-order valence-corrected chi connectivity index (χ1v) is 16.1. The molecule has 4 heteroatoms. The van der Waals surface area contributed by atoms with Gasteiger partial charge in [0.1, 0.15) is 0 Å². The minimum Gasteiger partial charge on any atom is -0.399 e. The van der Waals surface area contributed by atoms with E-state index in [4.69, 9.17) is 17.2 Å². The summed E-state index contributed by atoms with van der Waals surface area (Å²) in [6.45, 7) is 37.5. The van der Waals surface area contributed by atoms with Crippen LogP contribution in [0.4, 0.5) is 17.1 Å². The van der Waals surface area contributed by atoms with E-state index in [1.165, 1.54) is 12.8 Å². The summed E-state index contributed by atoms with van der Waals surface area (Å²) in [5.74, 6) is 0. The van der Waals surface area contributed by atoms with Crippen LogP contribution < -0.4 is 17.2 Å². The number of anilines is 3. The molecule has 1 radical (unpaired) electrons. The van der Waals surface area contributed by atoms with Gasteiger partial charge in [0.25, 0.3) is 0 Å². The SMILES string of the molecule is CC.CC.CC.CC.CC.CC.CCC.CCC.Nc1ccccc1.Nc1ccccc1.Nc1ccccc1.[CH2-]C.[Y]. The van der Waals surface area contributed by atoms with Gasteiger partial charge in [-0.25, -0.2) is 0 Å².